The molecule has 0 bridgehead atoms. The van der Waals surface area contributed by atoms with E-state index >= 15 is 0 Å². The molecule has 0 atom stereocenters. The van der Waals surface area contributed by atoms with Crippen molar-refractivity contribution in [2.75, 3.05) is 12.0 Å². The van der Waals surface area contributed by atoms with Crippen molar-refractivity contribution < 1.29 is 4.79 Å². The van der Waals surface area contributed by atoms with E-state index in [1.807, 2.05) is 0 Å². The average molecular weight is 206 g/mol. The summed E-state index contributed by atoms with van der Waals surface area (Å²) in [5, 5.41) is 0. The van der Waals surface area contributed by atoms with E-state index in [0.29, 0.717) is 13.0 Å². The average Bonchev–Trinajstić information content (AvgIpc) is 2.15. The molecular weight excluding hydrogens is 188 g/mol. The minimum absolute atomic E-state index is 0.525. The molecule has 3 heteroatoms. The third-order valence-corrected chi connectivity index (χ3v) is 2.28. The van der Waals surface area contributed by atoms with Gasteiger partial charge in [-0.2, -0.15) is 0 Å². The monoisotopic (exact) mass is 206 g/mol. The number of rotatable bonds is 5. The highest BCUT2D eigenvalue weighted by Gasteiger charge is 2.02. The molecule has 0 saturated carbocycles. The second-order valence-electron chi connectivity index (χ2n) is 3.78. The Bertz CT molecular complexity index is 324. The molecule has 0 aliphatic carbocycles. The summed E-state index contributed by atoms with van der Waals surface area (Å²) in [6, 6.07) is 4.27. The summed E-state index contributed by atoms with van der Waals surface area (Å²) < 4.78 is 0. The number of aldehydes is 1. The first-order valence-electron chi connectivity index (χ1n) is 5.15. The number of benzene rings is 1. The van der Waals surface area contributed by atoms with Crippen LogP contribution in [0.15, 0.2) is 12.1 Å². The molecule has 0 amide bonds. The smallest absolute Gasteiger partial charge is 0.121 e. The van der Waals surface area contributed by atoms with Crippen molar-refractivity contribution in [2.24, 2.45) is 0 Å². The van der Waals surface area contributed by atoms with Crippen molar-refractivity contribution in [3.63, 3.8) is 0 Å². The lowest BCUT2D eigenvalue weighted by Gasteiger charge is -2.14. The Morgan fingerprint density at radius 1 is 1.20 bits per heavy atom. The number of anilines is 1. The summed E-state index contributed by atoms with van der Waals surface area (Å²) in [6.45, 7) is 6.88. The van der Waals surface area contributed by atoms with E-state index in [2.05, 4.69) is 43.8 Å². The Morgan fingerprint density at radius 3 is 2.33 bits per heavy atom. The van der Waals surface area contributed by atoms with Gasteiger partial charge >= 0.3 is 0 Å². The molecule has 0 heterocycles. The highest BCUT2D eigenvalue weighted by molar-refractivity contribution is 5.57. The minimum Gasteiger partial charge on any atom is -0.321 e. The summed E-state index contributed by atoms with van der Waals surface area (Å²) in [7, 11) is 0. The van der Waals surface area contributed by atoms with Crippen LogP contribution in [0.3, 0.4) is 0 Å². The summed E-state index contributed by atoms with van der Waals surface area (Å²) in [5.74, 6) is 0. The van der Waals surface area contributed by atoms with E-state index in [0.717, 1.165) is 12.0 Å². The van der Waals surface area contributed by atoms with Crippen molar-refractivity contribution in [1.29, 1.82) is 0 Å². The van der Waals surface area contributed by atoms with Crippen molar-refractivity contribution in [2.45, 2.75) is 27.2 Å². The van der Waals surface area contributed by atoms with E-state index in [1.165, 1.54) is 16.7 Å². The Hall–Kier alpha value is -1.35. The van der Waals surface area contributed by atoms with E-state index in [4.69, 9.17) is 0 Å². The fraction of sp³-hybridized carbons (Fsp3) is 0.417. The van der Waals surface area contributed by atoms with Gasteiger partial charge in [0, 0.05) is 13.0 Å². The highest BCUT2D eigenvalue weighted by atomic mass is 16.1. The van der Waals surface area contributed by atoms with Crippen molar-refractivity contribution in [3.8, 4) is 0 Å². The van der Waals surface area contributed by atoms with Crippen LogP contribution in [0.5, 0.6) is 0 Å². The van der Waals surface area contributed by atoms with Crippen LogP contribution < -0.4 is 10.9 Å². The molecule has 82 valence electrons. The number of aryl methyl sites for hydroxylation is 3. The summed E-state index contributed by atoms with van der Waals surface area (Å²) in [5.41, 5.74) is 11.0. The van der Waals surface area contributed by atoms with E-state index in [-0.39, 0.29) is 0 Å². The van der Waals surface area contributed by atoms with E-state index in [9.17, 15) is 4.79 Å². The third-order valence-electron chi connectivity index (χ3n) is 2.28. The normalized spacial score (nSPS) is 10.1. The van der Waals surface area contributed by atoms with Gasteiger partial charge in [0.2, 0.25) is 0 Å². The van der Waals surface area contributed by atoms with Gasteiger partial charge in [0.15, 0.2) is 0 Å². The van der Waals surface area contributed by atoms with Gasteiger partial charge in [-0.1, -0.05) is 17.7 Å². The van der Waals surface area contributed by atoms with Gasteiger partial charge in [0.25, 0.3) is 0 Å². The molecule has 3 nitrogen and oxygen atoms in total. The van der Waals surface area contributed by atoms with Gasteiger partial charge in [-0.05, 0) is 31.9 Å². The third kappa shape index (κ3) is 3.36. The lowest BCUT2D eigenvalue weighted by atomic mass is 10.1. The van der Waals surface area contributed by atoms with Crippen LogP contribution in [0.25, 0.3) is 0 Å². The maximum Gasteiger partial charge on any atom is 0.121 e. The molecule has 0 spiro atoms. The largest absolute Gasteiger partial charge is 0.321 e. The predicted molar refractivity (Wildman–Crippen MR) is 63.0 cm³/mol. The van der Waals surface area contributed by atoms with E-state index in [1.54, 1.807) is 0 Å². The van der Waals surface area contributed by atoms with E-state index < -0.39 is 0 Å². The van der Waals surface area contributed by atoms with Gasteiger partial charge in [-0.3, -0.25) is 0 Å². The van der Waals surface area contributed by atoms with Crippen LogP contribution in [0.4, 0.5) is 5.69 Å². The molecule has 0 fully saturated rings. The first kappa shape index (κ1) is 11.7. The van der Waals surface area contributed by atoms with Crippen LogP contribution in [-0.2, 0) is 4.79 Å². The Kier molecular flexibility index (Phi) is 4.31. The summed E-state index contributed by atoms with van der Waals surface area (Å²) in [6.07, 6.45) is 1.43. The zero-order valence-electron chi connectivity index (χ0n) is 9.55. The zero-order chi connectivity index (χ0) is 11.3. The summed E-state index contributed by atoms with van der Waals surface area (Å²) in [4.78, 5) is 10.1. The lowest BCUT2D eigenvalue weighted by molar-refractivity contribution is -0.107. The van der Waals surface area contributed by atoms with Crippen molar-refractivity contribution >= 4 is 12.0 Å². The molecule has 1 aromatic carbocycles. The number of hydrogen-bond donors (Lipinski definition) is 2. The molecule has 0 aliphatic heterocycles. The number of nitrogens with one attached hydrogen (secondary N) is 2. The topological polar surface area (TPSA) is 41.1 Å². The second kappa shape index (κ2) is 5.51. The van der Waals surface area contributed by atoms with Crippen molar-refractivity contribution in [1.82, 2.24) is 5.43 Å². The van der Waals surface area contributed by atoms with Crippen LogP contribution >= 0.6 is 0 Å². The van der Waals surface area contributed by atoms with Gasteiger partial charge in [0.1, 0.15) is 6.29 Å². The Balaban J connectivity index is 2.64. The molecule has 1 aromatic rings. The van der Waals surface area contributed by atoms with Crippen LogP contribution in [-0.4, -0.2) is 12.8 Å². The summed E-state index contributed by atoms with van der Waals surface area (Å²) >= 11 is 0. The van der Waals surface area contributed by atoms with Gasteiger partial charge in [-0.25, -0.2) is 5.43 Å². The van der Waals surface area contributed by atoms with Crippen LogP contribution in [0.1, 0.15) is 23.1 Å². The molecule has 0 unspecified atom stereocenters. The molecule has 0 aromatic heterocycles. The van der Waals surface area contributed by atoms with Gasteiger partial charge in [0.05, 0.1) is 5.69 Å². The number of carbonyl (C=O) groups is 1. The first-order valence-corrected chi connectivity index (χ1v) is 5.15. The number of hydrazine groups is 1. The Labute approximate surface area is 90.9 Å². The molecular formula is C12H18N2O. The zero-order valence-corrected chi connectivity index (χ0v) is 9.55. The molecule has 15 heavy (non-hydrogen) atoms. The predicted octanol–water partition coefficient (Wildman–Crippen LogP) is 2.12. The molecule has 1 rings (SSSR count). The SMILES string of the molecule is Cc1cc(C)c(NNCCC=O)c(C)c1. The quantitative estimate of drug-likeness (QED) is 0.440. The van der Waals surface area contributed by atoms with Gasteiger partial charge in [-0.15, -0.1) is 0 Å². The molecule has 2 N–H and O–H groups in total. The minimum atomic E-state index is 0.525. The molecule has 0 aliphatic rings. The fourth-order valence-corrected chi connectivity index (χ4v) is 1.66. The van der Waals surface area contributed by atoms with Crippen molar-refractivity contribution in [3.05, 3.63) is 28.8 Å². The fourth-order valence-electron chi connectivity index (χ4n) is 1.66. The van der Waals surface area contributed by atoms with Gasteiger partial charge < -0.3 is 10.2 Å². The maximum absolute atomic E-state index is 10.1. The van der Waals surface area contributed by atoms with Crippen LogP contribution in [0.2, 0.25) is 0 Å². The second-order valence-corrected chi connectivity index (χ2v) is 3.78. The standard InChI is InChI=1S/C12H18N2O/c1-9-7-10(2)12(11(3)8-9)14-13-5-4-6-15/h6-8,13-14H,4-5H2,1-3H3. The lowest BCUT2D eigenvalue weighted by Crippen LogP contribution is -2.24. The Morgan fingerprint density at radius 2 is 1.80 bits per heavy atom. The van der Waals surface area contributed by atoms with Crippen LogP contribution in [0, 0.1) is 20.8 Å². The highest BCUT2D eigenvalue weighted by Crippen LogP contribution is 2.20. The first-order chi connectivity index (χ1) is 7.15. The molecule has 0 radical (unpaired) electrons. The number of carbonyl (C=O) groups excluding carboxylic acids is 1. The number of hydrogen-bond acceptors (Lipinski definition) is 3. The maximum atomic E-state index is 10.1. The molecule has 0 saturated heterocycles.